The smallest absolute Gasteiger partial charge is 0.191 e. The molecule has 1 saturated heterocycles. The number of likely N-dealkylation sites (N-methyl/N-ethyl adjacent to an activating group) is 1. The number of ether oxygens (including phenoxy) is 3. The molecule has 1 aromatic carbocycles. The molecule has 0 aliphatic carbocycles. The molecule has 31 heavy (non-hydrogen) atoms. The van der Waals surface area contributed by atoms with Gasteiger partial charge in [-0.25, -0.2) is 0 Å². The van der Waals surface area contributed by atoms with Crippen molar-refractivity contribution in [2.24, 2.45) is 4.99 Å². The Labute approximate surface area is 205 Å². The van der Waals surface area contributed by atoms with E-state index < -0.39 is 0 Å². The summed E-state index contributed by atoms with van der Waals surface area (Å²) in [4.78, 5) is 6.63. The van der Waals surface area contributed by atoms with E-state index in [4.69, 9.17) is 14.2 Å². The van der Waals surface area contributed by atoms with E-state index in [2.05, 4.69) is 46.5 Å². The number of halogens is 1. The third-order valence-electron chi connectivity index (χ3n) is 5.26. The van der Waals surface area contributed by atoms with E-state index in [9.17, 15) is 0 Å². The predicted molar refractivity (Wildman–Crippen MR) is 138 cm³/mol. The second-order valence-corrected chi connectivity index (χ2v) is 7.44. The van der Waals surface area contributed by atoms with E-state index in [0.717, 1.165) is 76.9 Å². The number of benzene rings is 1. The molecule has 1 fully saturated rings. The summed E-state index contributed by atoms with van der Waals surface area (Å²) in [6.07, 6.45) is 3.52. The van der Waals surface area contributed by atoms with Gasteiger partial charge in [0.05, 0.1) is 12.7 Å². The van der Waals surface area contributed by atoms with Crippen LogP contribution in [0, 0.1) is 0 Å². The minimum Gasteiger partial charge on any atom is -0.492 e. The average Bonchev–Trinajstić information content (AvgIpc) is 3.30. The normalized spacial score (nSPS) is 16.3. The highest BCUT2D eigenvalue weighted by molar-refractivity contribution is 14.0. The summed E-state index contributed by atoms with van der Waals surface area (Å²) < 4.78 is 17.1. The van der Waals surface area contributed by atoms with Gasteiger partial charge in [-0.3, -0.25) is 4.99 Å². The van der Waals surface area contributed by atoms with E-state index in [0.29, 0.717) is 19.3 Å². The summed E-state index contributed by atoms with van der Waals surface area (Å²) in [6, 6.07) is 8.24. The summed E-state index contributed by atoms with van der Waals surface area (Å²) >= 11 is 0. The Hall–Kier alpha value is -1.10. The first-order valence-electron chi connectivity index (χ1n) is 11.3. The molecule has 2 N–H and O–H groups in total. The molecule has 1 aliphatic rings. The molecule has 7 nitrogen and oxygen atoms in total. The zero-order chi connectivity index (χ0) is 21.4. The van der Waals surface area contributed by atoms with E-state index in [-0.39, 0.29) is 24.0 Å². The zero-order valence-electron chi connectivity index (χ0n) is 19.4. The maximum atomic E-state index is 5.84. The van der Waals surface area contributed by atoms with E-state index >= 15 is 0 Å². The topological polar surface area (TPSA) is 67.4 Å². The quantitative estimate of drug-likeness (QED) is 0.161. The van der Waals surface area contributed by atoms with Crippen LogP contribution in [0.3, 0.4) is 0 Å². The largest absolute Gasteiger partial charge is 0.492 e. The maximum absolute atomic E-state index is 5.84. The molecule has 1 unspecified atom stereocenters. The van der Waals surface area contributed by atoms with Crippen LogP contribution in [-0.2, 0) is 16.0 Å². The zero-order valence-corrected chi connectivity index (χ0v) is 21.7. The second kappa shape index (κ2) is 17.5. The third-order valence-corrected chi connectivity index (χ3v) is 5.26. The van der Waals surface area contributed by atoms with Crippen molar-refractivity contribution < 1.29 is 14.2 Å². The van der Waals surface area contributed by atoms with E-state index in [1.807, 2.05) is 12.1 Å². The molecular formula is C23H41IN4O3. The van der Waals surface area contributed by atoms with Gasteiger partial charge >= 0.3 is 0 Å². The molecular weight excluding hydrogens is 507 g/mol. The van der Waals surface area contributed by atoms with Crippen LogP contribution >= 0.6 is 24.0 Å². The summed E-state index contributed by atoms with van der Waals surface area (Å²) in [5.41, 5.74) is 1.19. The van der Waals surface area contributed by atoms with Crippen LogP contribution in [0.2, 0.25) is 0 Å². The lowest BCUT2D eigenvalue weighted by atomic mass is 10.2. The molecule has 1 atom stereocenters. The first-order valence-corrected chi connectivity index (χ1v) is 11.3. The van der Waals surface area contributed by atoms with E-state index in [1.54, 1.807) is 7.05 Å². The first kappa shape index (κ1) is 27.9. The van der Waals surface area contributed by atoms with Gasteiger partial charge in [0, 0.05) is 39.9 Å². The molecule has 0 amide bonds. The number of aliphatic imine (C=N–C) groups is 1. The fourth-order valence-electron chi connectivity index (χ4n) is 3.31. The molecule has 1 aromatic rings. The molecule has 1 aliphatic heterocycles. The minimum absolute atomic E-state index is 0. The molecule has 8 heteroatoms. The fraction of sp³-hybridized carbons (Fsp3) is 0.696. The Kier molecular flexibility index (Phi) is 15.7. The average molecular weight is 549 g/mol. The third kappa shape index (κ3) is 11.9. The number of hydrogen-bond acceptors (Lipinski definition) is 5. The van der Waals surface area contributed by atoms with Gasteiger partial charge in [-0.05, 0) is 50.0 Å². The fourth-order valence-corrected chi connectivity index (χ4v) is 3.31. The molecule has 0 spiro atoms. The summed E-state index contributed by atoms with van der Waals surface area (Å²) in [5.74, 6) is 1.71. The van der Waals surface area contributed by atoms with Crippen LogP contribution < -0.4 is 15.4 Å². The number of nitrogens with one attached hydrogen (secondary N) is 2. The van der Waals surface area contributed by atoms with Crippen molar-refractivity contribution in [3.63, 3.8) is 0 Å². The van der Waals surface area contributed by atoms with Gasteiger partial charge in [0.25, 0.3) is 0 Å². The van der Waals surface area contributed by atoms with Crippen molar-refractivity contribution in [1.29, 1.82) is 0 Å². The first-order chi connectivity index (χ1) is 14.7. The Bertz CT molecular complexity index is 591. The van der Waals surface area contributed by atoms with E-state index in [1.165, 1.54) is 5.56 Å². The summed E-state index contributed by atoms with van der Waals surface area (Å²) in [7, 11) is 1.79. The lowest BCUT2D eigenvalue weighted by molar-refractivity contribution is 0.0168. The number of nitrogens with zero attached hydrogens (tertiary/aromatic N) is 2. The number of guanidine groups is 1. The molecule has 0 bridgehead atoms. The molecule has 0 aromatic heterocycles. The highest BCUT2D eigenvalue weighted by atomic mass is 127. The van der Waals surface area contributed by atoms with Crippen molar-refractivity contribution >= 4 is 29.9 Å². The van der Waals surface area contributed by atoms with Gasteiger partial charge in [0.1, 0.15) is 12.4 Å². The lowest BCUT2D eigenvalue weighted by Gasteiger charge is -2.18. The Balaban J connectivity index is 0.00000480. The van der Waals surface area contributed by atoms with Gasteiger partial charge in [-0.2, -0.15) is 0 Å². The summed E-state index contributed by atoms with van der Waals surface area (Å²) in [5, 5.41) is 6.67. The van der Waals surface area contributed by atoms with Crippen LogP contribution in [0.4, 0.5) is 0 Å². The SMILES string of the molecule is CCN(CC)CCOc1ccc(CNC(=NC)NCCCOCC2CCCO2)cc1.I. The predicted octanol–water partition coefficient (Wildman–Crippen LogP) is 3.28. The van der Waals surface area contributed by atoms with Crippen LogP contribution in [-0.4, -0.2) is 76.6 Å². The van der Waals surface area contributed by atoms with Gasteiger partial charge in [0.2, 0.25) is 0 Å². The molecule has 1 heterocycles. The van der Waals surface area contributed by atoms with Crippen LogP contribution in [0.15, 0.2) is 29.3 Å². The highest BCUT2D eigenvalue weighted by Crippen LogP contribution is 2.13. The summed E-state index contributed by atoms with van der Waals surface area (Å²) in [6.45, 7) is 12.0. The number of rotatable bonds is 14. The van der Waals surface area contributed by atoms with Crippen molar-refractivity contribution in [3.8, 4) is 5.75 Å². The van der Waals surface area contributed by atoms with Gasteiger partial charge in [0.15, 0.2) is 5.96 Å². The lowest BCUT2D eigenvalue weighted by Crippen LogP contribution is -2.37. The monoisotopic (exact) mass is 548 g/mol. The van der Waals surface area contributed by atoms with Gasteiger partial charge < -0.3 is 29.7 Å². The van der Waals surface area contributed by atoms with Crippen LogP contribution in [0.25, 0.3) is 0 Å². The minimum atomic E-state index is 0. The second-order valence-electron chi connectivity index (χ2n) is 7.44. The van der Waals surface area contributed by atoms with Crippen molar-refractivity contribution in [2.45, 2.75) is 45.8 Å². The standard InChI is InChI=1S/C23H40N4O3.HI/c1-4-27(5-2)14-17-30-21-11-9-20(10-12-21)18-26-23(24-3)25-13-7-15-28-19-22-8-6-16-29-22;/h9-12,22H,4-8,13-19H2,1-3H3,(H2,24,25,26);1H. The molecule has 0 radical (unpaired) electrons. The van der Waals surface area contributed by atoms with Crippen LogP contribution in [0.5, 0.6) is 5.75 Å². The molecule has 178 valence electrons. The van der Waals surface area contributed by atoms with Crippen molar-refractivity contribution in [2.75, 3.05) is 59.7 Å². The van der Waals surface area contributed by atoms with Gasteiger partial charge in [-0.1, -0.05) is 26.0 Å². The van der Waals surface area contributed by atoms with Crippen molar-refractivity contribution in [3.05, 3.63) is 29.8 Å². The highest BCUT2D eigenvalue weighted by Gasteiger charge is 2.14. The number of hydrogen-bond donors (Lipinski definition) is 2. The van der Waals surface area contributed by atoms with Crippen LogP contribution in [0.1, 0.15) is 38.7 Å². The van der Waals surface area contributed by atoms with Gasteiger partial charge in [-0.15, -0.1) is 24.0 Å². The molecule has 0 saturated carbocycles. The Morgan fingerprint density at radius 3 is 2.58 bits per heavy atom. The Morgan fingerprint density at radius 1 is 1.16 bits per heavy atom. The molecule has 2 rings (SSSR count). The maximum Gasteiger partial charge on any atom is 0.191 e. The van der Waals surface area contributed by atoms with Crippen molar-refractivity contribution in [1.82, 2.24) is 15.5 Å². The Morgan fingerprint density at radius 2 is 1.94 bits per heavy atom.